The van der Waals surface area contributed by atoms with E-state index in [1.165, 1.54) is 0 Å². The first kappa shape index (κ1) is 19.8. The van der Waals surface area contributed by atoms with Crippen LogP contribution in [0.1, 0.15) is 5.69 Å². The van der Waals surface area contributed by atoms with Gasteiger partial charge in [-0.25, -0.2) is 9.97 Å². The first-order chi connectivity index (χ1) is 14.2. The Morgan fingerprint density at radius 1 is 1.07 bits per heavy atom. The number of aromatic nitrogens is 3. The minimum atomic E-state index is 0.695. The normalized spacial score (nSPS) is 10.9. The third-order valence-electron chi connectivity index (χ3n) is 4.24. The molecule has 29 heavy (non-hydrogen) atoms. The van der Waals surface area contributed by atoms with Crippen molar-refractivity contribution >= 4 is 34.7 Å². The molecule has 2 heterocycles. The first-order valence-corrected chi connectivity index (χ1v) is 11.0. The van der Waals surface area contributed by atoms with E-state index >= 15 is 0 Å². The summed E-state index contributed by atoms with van der Waals surface area (Å²) in [6.07, 6.45) is 3.74. The maximum absolute atomic E-state index is 5.99. The second kappa shape index (κ2) is 8.90. The molecule has 5 nitrogen and oxygen atoms in total. The fourth-order valence-corrected chi connectivity index (χ4v) is 4.72. The van der Waals surface area contributed by atoms with Crippen molar-refractivity contribution < 1.29 is 9.47 Å². The number of halogens is 1. The number of hydrogen-bond donors (Lipinski definition) is 0. The van der Waals surface area contributed by atoms with Crippen LogP contribution >= 0.6 is 34.7 Å². The van der Waals surface area contributed by atoms with Crippen LogP contribution in [0.3, 0.4) is 0 Å². The number of nitrogens with zero attached hydrogens (tertiary/aromatic N) is 3. The predicted octanol–water partition coefficient (Wildman–Crippen LogP) is 5.96. The molecule has 0 fully saturated rings. The van der Waals surface area contributed by atoms with Gasteiger partial charge in [0.1, 0.15) is 5.01 Å². The average molecular weight is 444 g/mol. The molecule has 0 spiro atoms. The number of thiazole rings is 1. The van der Waals surface area contributed by atoms with E-state index in [-0.39, 0.29) is 0 Å². The number of rotatable bonds is 7. The lowest BCUT2D eigenvalue weighted by Crippen LogP contribution is -1.95. The van der Waals surface area contributed by atoms with E-state index in [9.17, 15) is 0 Å². The number of hydrogen-bond acceptors (Lipinski definition) is 6. The van der Waals surface area contributed by atoms with Crippen LogP contribution in [-0.4, -0.2) is 28.8 Å². The molecule has 0 bridgehead atoms. The molecule has 0 unspecified atom stereocenters. The van der Waals surface area contributed by atoms with Gasteiger partial charge in [-0.05, 0) is 42.5 Å². The second-order valence-electron chi connectivity index (χ2n) is 6.06. The van der Waals surface area contributed by atoms with Crippen LogP contribution in [0.25, 0.3) is 16.3 Å². The van der Waals surface area contributed by atoms with Gasteiger partial charge in [0.25, 0.3) is 0 Å². The molecule has 0 aliphatic rings. The second-order valence-corrected chi connectivity index (χ2v) is 8.30. The minimum absolute atomic E-state index is 0.695. The van der Waals surface area contributed by atoms with Crippen molar-refractivity contribution in [3.8, 4) is 27.8 Å². The quantitative estimate of drug-likeness (QED) is 0.330. The van der Waals surface area contributed by atoms with Crippen molar-refractivity contribution in [2.75, 3.05) is 14.2 Å². The summed E-state index contributed by atoms with van der Waals surface area (Å²) in [7, 11) is 3.26. The highest BCUT2D eigenvalue weighted by Crippen LogP contribution is 2.34. The Kier molecular flexibility index (Phi) is 6.08. The van der Waals surface area contributed by atoms with Gasteiger partial charge in [-0.15, -0.1) is 11.3 Å². The summed E-state index contributed by atoms with van der Waals surface area (Å²) in [6, 6.07) is 13.5. The molecule has 4 rings (SSSR count). The van der Waals surface area contributed by atoms with Gasteiger partial charge in [-0.3, -0.25) is 4.57 Å². The Balaban J connectivity index is 1.48. The van der Waals surface area contributed by atoms with Crippen molar-refractivity contribution in [3.05, 3.63) is 71.0 Å². The Bertz CT molecular complexity index is 1110. The molecule has 148 valence electrons. The van der Waals surface area contributed by atoms with Crippen LogP contribution in [0, 0.1) is 0 Å². The molecule has 2 aromatic carbocycles. The molecular formula is C21H18ClN3O2S2. The third-order valence-corrected chi connectivity index (χ3v) is 6.44. The van der Waals surface area contributed by atoms with Crippen LogP contribution in [0.5, 0.6) is 11.5 Å². The SMILES string of the molecule is COc1ccc(-c2nc(CSc3nccn3-c3ccc(Cl)cc3)cs2)cc1OC. The van der Waals surface area contributed by atoms with E-state index in [0.717, 1.165) is 32.9 Å². The van der Waals surface area contributed by atoms with Gasteiger partial charge < -0.3 is 9.47 Å². The highest BCUT2D eigenvalue weighted by Gasteiger charge is 2.11. The number of thioether (sulfide) groups is 1. The van der Waals surface area contributed by atoms with Crippen LogP contribution < -0.4 is 9.47 Å². The van der Waals surface area contributed by atoms with Crippen molar-refractivity contribution in [1.82, 2.24) is 14.5 Å². The van der Waals surface area contributed by atoms with Crippen LogP contribution in [0.4, 0.5) is 0 Å². The van der Waals surface area contributed by atoms with Gasteiger partial charge in [-0.1, -0.05) is 23.4 Å². The summed E-state index contributed by atoms with van der Waals surface area (Å²) in [6.45, 7) is 0. The maximum Gasteiger partial charge on any atom is 0.172 e. The summed E-state index contributed by atoms with van der Waals surface area (Å²) in [5.41, 5.74) is 3.04. The lowest BCUT2D eigenvalue weighted by Gasteiger charge is -2.08. The zero-order valence-electron chi connectivity index (χ0n) is 15.8. The number of imidazole rings is 1. The van der Waals surface area contributed by atoms with E-state index in [0.29, 0.717) is 16.5 Å². The Morgan fingerprint density at radius 2 is 1.86 bits per heavy atom. The third kappa shape index (κ3) is 4.42. The van der Waals surface area contributed by atoms with E-state index in [1.807, 2.05) is 53.2 Å². The Morgan fingerprint density at radius 3 is 2.62 bits per heavy atom. The highest BCUT2D eigenvalue weighted by atomic mass is 35.5. The highest BCUT2D eigenvalue weighted by molar-refractivity contribution is 7.98. The standard InChI is InChI=1S/C21H18ClN3O2S2/c1-26-18-8-3-14(11-19(18)27-2)20-24-16(12-28-20)13-29-21-23-9-10-25(21)17-6-4-15(22)5-7-17/h3-12H,13H2,1-2H3. The first-order valence-electron chi connectivity index (χ1n) is 8.77. The van der Waals surface area contributed by atoms with Crippen LogP contribution in [-0.2, 0) is 5.75 Å². The number of ether oxygens (including phenoxy) is 2. The largest absolute Gasteiger partial charge is 0.493 e. The van der Waals surface area contributed by atoms with Gasteiger partial charge in [0.05, 0.1) is 19.9 Å². The van der Waals surface area contributed by atoms with Crippen LogP contribution in [0.2, 0.25) is 5.02 Å². The van der Waals surface area contributed by atoms with Gasteiger partial charge in [0, 0.05) is 39.8 Å². The average Bonchev–Trinajstić information content (AvgIpc) is 3.42. The van der Waals surface area contributed by atoms with Gasteiger partial charge in [0.15, 0.2) is 16.7 Å². The summed E-state index contributed by atoms with van der Waals surface area (Å²) < 4.78 is 12.7. The van der Waals surface area contributed by atoms with E-state index in [1.54, 1.807) is 43.5 Å². The molecular weight excluding hydrogens is 426 g/mol. The van der Waals surface area contributed by atoms with Crippen molar-refractivity contribution in [2.45, 2.75) is 10.9 Å². The smallest absolute Gasteiger partial charge is 0.172 e. The van der Waals surface area contributed by atoms with Crippen molar-refractivity contribution in [3.63, 3.8) is 0 Å². The maximum atomic E-state index is 5.99. The molecule has 0 radical (unpaired) electrons. The Labute approximate surface area is 182 Å². The topological polar surface area (TPSA) is 49.2 Å². The predicted molar refractivity (Wildman–Crippen MR) is 119 cm³/mol. The van der Waals surface area contributed by atoms with Crippen molar-refractivity contribution in [1.29, 1.82) is 0 Å². The molecule has 0 aliphatic carbocycles. The van der Waals surface area contributed by atoms with E-state index in [2.05, 4.69) is 10.4 Å². The molecule has 0 atom stereocenters. The van der Waals surface area contributed by atoms with E-state index in [4.69, 9.17) is 26.1 Å². The molecule has 0 aliphatic heterocycles. The molecule has 0 amide bonds. The zero-order valence-corrected chi connectivity index (χ0v) is 18.2. The lowest BCUT2D eigenvalue weighted by molar-refractivity contribution is 0.355. The number of methoxy groups -OCH3 is 2. The van der Waals surface area contributed by atoms with Crippen LogP contribution in [0.15, 0.2) is 65.4 Å². The molecule has 8 heteroatoms. The van der Waals surface area contributed by atoms with Gasteiger partial charge in [0.2, 0.25) is 0 Å². The minimum Gasteiger partial charge on any atom is -0.493 e. The molecule has 0 N–H and O–H groups in total. The fraction of sp³-hybridized carbons (Fsp3) is 0.143. The van der Waals surface area contributed by atoms with E-state index < -0.39 is 0 Å². The fourth-order valence-electron chi connectivity index (χ4n) is 2.81. The summed E-state index contributed by atoms with van der Waals surface area (Å²) in [4.78, 5) is 9.25. The van der Waals surface area contributed by atoms with Gasteiger partial charge in [-0.2, -0.15) is 0 Å². The zero-order chi connectivity index (χ0) is 20.2. The molecule has 0 saturated heterocycles. The summed E-state index contributed by atoms with van der Waals surface area (Å²) in [5.74, 6) is 2.13. The molecule has 2 aromatic heterocycles. The van der Waals surface area contributed by atoms with Gasteiger partial charge >= 0.3 is 0 Å². The Hall–Kier alpha value is -2.48. The van der Waals surface area contributed by atoms with Crippen molar-refractivity contribution in [2.24, 2.45) is 0 Å². The summed E-state index contributed by atoms with van der Waals surface area (Å²) in [5, 5.41) is 4.65. The molecule has 4 aromatic rings. The molecule has 0 saturated carbocycles. The monoisotopic (exact) mass is 443 g/mol. The summed E-state index contributed by atoms with van der Waals surface area (Å²) >= 11 is 9.25. The lowest BCUT2D eigenvalue weighted by atomic mass is 10.2. The number of benzene rings is 2.